The van der Waals surface area contributed by atoms with Gasteiger partial charge in [0.05, 0.1) is 28.8 Å². The van der Waals surface area contributed by atoms with E-state index in [4.69, 9.17) is 10.5 Å². The van der Waals surface area contributed by atoms with Crippen LogP contribution in [0.1, 0.15) is 17.4 Å². The van der Waals surface area contributed by atoms with Gasteiger partial charge in [-0.15, -0.1) is 0 Å². The van der Waals surface area contributed by atoms with Crippen molar-refractivity contribution in [3.05, 3.63) is 36.0 Å². The Balaban J connectivity index is 2.34. The van der Waals surface area contributed by atoms with Crippen LogP contribution < -0.4 is 5.73 Å². The summed E-state index contributed by atoms with van der Waals surface area (Å²) >= 11 is 0. The van der Waals surface area contributed by atoms with Crippen LogP contribution in [0.3, 0.4) is 0 Å². The minimum atomic E-state index is -0.486. The van der Waals surface area contributed by atoms with Crippen molar-refractivity contribution < 1.29 is 9.53 Å². The summed E-state index contributed by atoms with van der Waals surface area (Å²) in [7, 11) is 1.95. The molecular weight excluding hydrogens is 254 g/mol. The van der Waals surface area contributed by atoms with Crippen LogP contribution in [0.4, 0.5) is 5.69 Å². The van der Waals surface area contributed by atoms with E-state index >= 15 is 0 Å². The molecule has 0 spiro atoms. The number of carbonyl (C=O) groups is 1. The molecule has 0 aliphatic rings. The number of pyridine rings is 1. The Morgan fingerprint density at radius 3 is 2.85 bits per heavy atom. The van der Waals surface area contributed by atoms with Crippen molar-refractivity contribution in [2.75, 3.05) is 12.3 Å². The molecule has 102 valence electrons. The highest BCUT2D eigenvalue weighted by Gasteiger charge is 2.17. The number of anilines is 1. The van der Waals surface area contributed by atoms with Crippen LogP contribution in [0, 0.1) is 0 Å². The maximum Gasteiger partial charge on any atom is 0.359 e. The van der Waals surface area contributed by atoms with Gasteiger partial charge in [0.25, 0.3) is 0 Å². The first kappa shape index (κ1) is 12.5. The Morgan fingerprint density at radius 1 is 1.35 bits per heavy atom. The Morgan fingerprint density at radius 2 is 2.10 bits per heavy atom. The maximum atomic E-state index is 11.9. The zero-order valence-electron chi connectivity index (χ0n) is 11.4. The largest absolute Gasteiger partial charge is 0.461 e. The van der Waals surface area contributed by atoms with E-state index in [0.717, 1.165) is 21.9 Å². The SMILES string of the molecule is CCOC(=O)c1nc2c3ccccc3n(C)c2cc1N. The first-order valence-corrected chi connectivity index (χ1v) is 6.44. The number of aromatic nitrogens is 2. The summed E-state index contributed by atoms with van der Waals surface area (Å²) in [5.74, 6) is -0.486. The second-order valence-electron chi connectivity index (χ2n) is 4.59. The quantitative estimate of drug-likeness (QED) is 0.725. The van der Waals surface area contributed by atoms with Gasteiger partial charge in [-0.3, -0.25) is 0 Å². The van der Waals surface area contributed by atoms with Gasteiger partial charge in [0, 0.05) is 12.4 Å². The summed E-state index contributed by atoms with van der Waals surface area (Å²) in [5, 5.41) is 0.996. The van der Waals surface area contributed by atoms with Crippen LogP contribution in [-0.2, 0) is 11.8 Å². The average molecular weight is 269 g/mol. The number of hydrogen-bond acceptors (Lipinski definition) is 4. The Hall–Kier alpha value is -2.56. The van der Waals surface area contributed by atoms with Crippen LogP contribution in [0.25, 0.3) is 21.9 Å². The number of hydrogen-bond donors (Lipinski definition) is 1. The molecule has 5 nitrogen and oxygen atoms in total. The number of nitrogens with two attached hydrogens (primary N) is 1. The van der Waals surface area contributed by atoms with Crippen molar-refractivity contribution in [2.45, 2.75) is 6.92 Å². The average Bonchev–Trinajstić information content (AvgIpc) is 2.72. The minimum absolute atomic E-state index is 0.177. The summed E-state index contributed by atoms with van der Waals surface area (Å²) in [6, 6.07) is 9.68. The lowest BCUT2D eigenvalue weighted by Crippen LogP contribution is -2.10. The normalized spacial score (nSPS) is 11.1. The molecule has 0 radical (unpaired) electrons. The molecule has 3 rings (SSSR count). The molecule has 1 aromatic carbocycles. The molecule has 2 N–H and O–H groups in total. The smallest absolute Gasteiger partial charge is 0.359 e. The number of fused-ring (bicyclic) bond motifs is 3. The standard InChI is InChI=1S/C15H15N3O2/c1-3-20-15(19)14-10(16)8-12-13(17-14)9-6-4-5-7-11(9)18(12)2/h4-8H,3,16H2,1-2H3. The highest BCUT2D eigenvalue weighted by molar-refractivity contribution is 6.08. The van der Waals surface area contributed by atoms with Crippen LogP contribution in [0.2, 0.25) is 0 Å². The number of nitrogens with zero attached hydrogens (tertiary/aromatic N) is 2. The number of nitrogen functional groups attached to an aromatic ring is 1. The molecule has 0 bridgehead atoms. The Kier molecular flexibility index (Phi) is 2.82. The zero-order valence-corrected chi connectivity index (χ0v) is 11.4. The molecule has 0 unspecified atom stereocenters. The van der Waals surface area contributed by atoms with Gasteiger partial charge in [-0.25, -0.2) is 9.78 Å². The van der Waals surface area contributed by atoms with Crippen molar-refractivity contribution >= 4 is 33.6 Å². The molecule has 0 aliphatic carbocycles. The number of carbonyl (C=O) groups excluding carboxylic acids is 1. The fourth-order valence-corrected chi connectivity index (χ4v) is 2.43. The third-order valence-corrected chi connectivity index (χ3v) is 3.38. The second kappa shape index (κ2) is 4.52. The first-order chi connectivity index (χ1) is 9.63. The number of esters is 1. The molecule has 5 heteroatoms. The van der Waals surface area contributed by atoms with E-state index in [1.807, 2.05) is 35.9 Å². The molecule has 0 fully saturated rings. The monoisotopic (exact) mass is 269 g/mol. The predicted molar refractivity (Wildman–Crippen MR) is 78.6 cm³/mol. The number of para-hydroxylation sites is 1. The third-order valence-electron chi connectivity index (χ3n) is 3.38. The first-order valence-electron chi connectivity index (χ1n) is 6.44. The number of ether oxygens (including phenoxy) is 1. The van der Waals surface area contributed by atoms with Gasteiger partial charge >= 0.3 is 5.97 Å². The lowest BCUT2D eigenvalue weighted by atomic mass is 10.2. The van der Waals surface area contributed by atoms with Gasteiger partial charge in [-0.05, 0) is 19.1 Å². The summed E-state index contributed by atoms with van der Waals surface area (Å²) in [4.78, 5) is 16.3. The Bertz CT molecular complexity index is 821. The Labute approximate surface area is 116 Å². The van der Waals surface area contributed by atoms with Crippen molar-refractivity contribution in [3.63, 3.8) is 0 Å². The van der Waals surface area contributed by atoms with E-state index in [-0.39, 0.29) is 5.69 Å². The van der Waals surface area contributed by atoms with Crippen LogP contribution >= 0.6 is 0 Å². The maximum absolute atomic E-state index is 11.9. The van der Waals surface area contributed by atoms with Gasteiger partial charge < -0.3 is 15.0 Å². The van der Waals surface area contributed by atoms with E-state index in [1.165, 1.54) is 0 Å². The molecule has 3 aromatic rings. The van der Waals surface area contributed by atoms with E-state index in [9.17, 15) is 4.79 Å². The summed E-state index contributed by atoms with van der Waals surface area (Å²) in [6.45, 7) is 2.05. The minimum Gasteiger partial charge on any atom is -0.461 e. The van der Waals surface area contributed by atoms with Gasteiger partial charge in [0.1, 0.15) is 0 Å². The van der Waals surface area contributed by atoms with Crippen molar-refractivity contribution in [1.82, 2.24) is 9.55 Å². The molecule has 0 aliphatic heterocycles. The summed E-state index contributed by atoms with van der Waals surface area (Å²) in [5.41, 5.74) is 9.16. The molecule has 0 amide bonds. The fourth-order valence-electron chi connectivity index (χ4n) is 2.43. The molecule has 0 atom stereocenters. The lowest BCUT2D eigenvalue weighted by molar-refractivity contribution is 0.0521. The van der Waals surface area contributed by atoms with Crippen LogP contribution in [-0.4, -0.2) is 22.1 Å². The van der Waals surface area contributed by atoms with Gasteiger partial charge in [0.2, 0.25) is 0 Å². The van der Waals surface area contributed by atoms with Crippen molar-refractivity contribution in [2.24, 2.45) is 7.05 Å². The number of aryl methyl sites for hydroxylation is 1. The molecule has 0 saturated carbocycles. The fraction of sp³-hybridized carbons (Fsp3) is 0.200. The van der Waals surface area contributed by atoms with E-state index in [1.54, 1.807) is 13.0 Å². The third kappa shape index (κ3) is 1.71. The van der Waals surface area contributed by atoms with Gasteiger partial charge in [-0.1, -0.05) is 18.2 Å². The van der Waals surface area contributed by atoms with E-state index in [0.29, 0.717) is 12.3 Å². The molecular formula is C15H15N3O2. The summed E-state index contributed by atoms with van der Waals surface area (Å²) < 4.78 is 7.01. The van der Waals surface area contributed by atoms with Gasteiger partial charge in [-0.2, -0.15) is 0 Å². The lowest BCUT2D eigenvalue weighted by Gasteiger charge is -2.05. The van der Waals surface area contributed by atoms with Crippen molar-refractivity contribution in [1.29, 1.82) is 0 Å². The molecule has 0 saturated heterocycles. The predicted octanol–water partition coefficient (Wildman–Crippen LogP) is 2.49. The van der Waals surface area contributed by atoms with Crippen LogP contribution in [0.15, 0.2) is 30.3 Å². The van der Waals surface area contributed by atoms with Gasteiger partial charge in [0.15, 0.2) is 5.69 Å². The highest BCUT2D eigenvalue weighted by Crippen LogP contribution is 2.29. The molecule has 20 heavy (non-hydrogen) atoms. The zero-order chi connectivity index (χ0) is 14.3. The second-order valence-corrected chi connectivity index (χ2v) is 4.59. The molecule has 2 heterocycles. The highest BCUT2D eigenvalue weighted by atomic mass is 16.5. The summed E-state index contributed by atoms with van der Waals surface area (Å²) in [6.07, 6.45) is 0. The van der Waals surface area contributed by atoms with Crippen molar-refractivity contribution in [3.8, 4) is 0 Å². The topological polar surface area (TPSA) is 70.1 Å². The van der Waals surface area contributed by atoms with E-state index < -0.39 is 5.97 Å². The number of rotatable bonds is 2. The van der Waals surface area contributed by atoms with E-state index in [2.05, 4.69) is 4.98 Å². The van der Waals surface area contributed by atoms with Crippen LogP contribution in [0.5, 0.6) is 0 Å². The number of benzene rings is 1. The molecule has 2 aromatic heterocycles.